The number of nitrogens with one attached hydrogen (secondary N) is 1. The predicted octanol–water partition coefficient (Wildman–Crippen LogP) is 1.52. The monoisotopic (exact) mass is 260 g/mol. The molecule has 17 heavy (non-hydrogen) atoms. The summed E-state index contributed by atoms with van der Waals surface area (Å²) in [4.78, 5) is 2.70. The fraction of sp³-hybridized carbons (Fsp3) is 1.00. The van der Waals surface area contributed by atoms with Gasteiger partial charge in [0.15, 0.2) is 0 Å². The second-order valence-electron chi connectivity index (χ2n) is 5.96. The number of nitrogens with zero attached hydrogens (tertiary/aromatic N) is 1. The maximum atomic E-state index is 5.47. The molecule has 1 atom stereocenters. The fourth-order valence-electron chi connectivity index (χ4n) is 3.64. The molecule has 3 heterocycles. The molecule has 0 aromatic heterocycles. The van der Waals surface area contributed by atoms with Crippen LogP contribution in [0, 0.1) is 11.3 Å². The van der Waals surface area contributed by atoms with Crippen LogP contribution in [0.4, 0.5) is 0 Å². The Hall–Kier alpha value is 0.170. The minimum Gasteiger partial charge on any atom is -0.381 e. The molecule has 3 nitrogen and oxygen atoms in total. The summed E-state index contributed by atoms with van der Waals surface area (Å²) < 4.78 is 5.47. The number of piperidine rings is 1. The molecule has 0 radical (unpaired) electrons. The molecule has 3 aliphatic rings. The van der Waals surface area contributed by atoms with Crippen LogP contribution in [0.1, 0.15) is 25.7 Å². The van der Waals surface area contributed by atoms with Crippen LogP contribution < -0.4 is 5.32 Å². The van der Waals surface area contributed by atoms with Crippen molar-refractivity contribution in [2.45, 2.75) is 25.7 Å². The molecule has 3 rings (SSSR count). The molecule has 0 amide bonds. The Balaban J connectivity index is 0.00000108. The van der Waals surface area contributed by atoms with Crippen molar-refractivity contribution in [3.05, 3.63) is 0 Å². The van der Waals surface area contributed by atoms with E-state index >= 15 is 0 Å². The van der Waals surface area contributed by atoms with Gasteiger partial charge in [-0.1, -0.05) is 0 Å². The molecular weight excluding hydrogens is 236 g/mol. The maximum Gasteiger partial charge on any atom is 0.0507 e. The molecule has 1 N–H and O–H groups in total. The van der Waals surface area contributed by atoms with Crippen molar-refractivity contribution in [2.24, 2.45) is 11.3 Å². The van der Waals surface area contributed by atoms with Gasteiger partial charge < -0.3 is 15.0 Å². The lowest BCUT2D eigenvalue weighted by Crippen LogP contribution is -2.39. The molecule has 1 unspecified atom stereocenters. The summed E-state index contributed by atoms with van der Waals surface area (Å²) in [5.74, 6) is 0.817. The zero-order valence-electron chi connectivity index (χ0n) is 10.6. The molecule has 0 aliphatic carbocycles. The normalized spacial score (nSPS) is 32.8. The van der Waals surface area contributed by atoms with Crippen molar-refractivity contribution < 1.29 is 4.74 Å². The Bertz CT molecular complexity index is 238. The first-order chi connectivity index (χ1) is 7.86. The third kappa shape index (κ3) is 3.14. The summed E-state index contributed by atoms with van der Waals surface area (Å²) in [5, 5.41) is 3.49. The minimum absolute atomic E-state index is 0. The predicted molar refractivity (Wildman–Crippen MR) is 71.8 cm³/mol. The van der Waals surface area contributed by atoms with E-state index in [4.69, 9.17) is 4.74 Å². The Labute approximate surface area is 111 Å². The van der Waals surface area contributed by atoms with Crippen LogP contribution in [0.3, 0.4) is 0 Å². The first-order valence-corrected chi connectivity index (χ1v) is 6.87. The largest absolute Gasteiger partial charge is 0.381 e. The SMILES string of the molecule is C1CC2(CCN1)CCN(CC1CCOC1)C2.Cl. The van der Waals surface area contributed by atoms with Gasteiger partial charge in [0.25, 0.3) is 0 Å². The number of hydrogen-bond acceptors (Lipinski definition) is 3. The summed E-state index contributed by atoms with van der Waals surface area (Å²) in [7, 11) is 0. The van der Waals surface area contributed by atoms with Gasteiger partial charge in [0.05, 0.1) is 6.61 Å². The minimum atomic E-state index is 0. The summed E-state index contributed by atoms with van der Waals surface area (Å²) in [6.07, 6.45) is 5.50. The van der Waals surface area contributed by atoms with E-state index in [0.29, 0.717) is 5.41 Å². The van der Waals surface area contributed by atoms with E-state index in [-0.39, 0.29) is 12.4 Å². The Morgan fingerprint density at radius 2 is 2.06 bits per heavy atom. The van der Waals surface area contributed by atoms with E-state index in [1.165, 1.54) is 58.4 Å². The molecule has 3 fully saturated rings. The van der Waals surface area contributed by atoms with Crippen LogP contribution in [0.15, 0.2) is 0 Å². The van der Waals surface area contributed by atoms with Gasteiger partial charge in [-0.2, -0.15) is 0 Å². The first-order valence-electron chi connectivity index (χ1n) is 6.87. The standard InChI is InChI=1S/C13H24N2O.ClH/c1-8-16-10-12(1)9-15-7-4-13(11-15)2-5-14-6-3-13;/h12,14H,1-11H2;1H. The van der Waals surface area contributed by atoms with Crippen LogP contribution in [0.2, 0.25) is 0 Å². The number of likely N-dealkylation sites (tertiary alicyclic amines) is 1. The van der Waals surface area contributed by atoms with Gasteiger partial charge in [-0.05, 0) is 56.7 Å². The van der Waals surface area contributed by atoms with Gasteiger partial charge >= 0.3 is 0 Å². The number of ether oxygens (including phenoxy) is 1. The van der Waals surface area contributed by atoms with Crippen LogP contribution >= 0.6 is 12.4 Å². The zero-order valence-corrected chi connectivity index (χ0v) is 11.4. The third-order valence-electron chi connectivity index (χ3n) is 4.72. The number of hydrogen-bond donors (Lipinski definition) is 1. The second kappa shape index (κ2) is 5.87. The average Bonchev–Trinajstić information content (AvgIpc) is 2.92. The molecule has 0 aromatic rings. The molecule has 0 bridgehead atoms. The molecule has 4 heteroatoms. The van der Waals surface area contributed by atoms with Gasteiger partial charge in [-0.25, -0.2) is 0 Å². The molecule has 3 aliphatic heterocycles. The number of halogens is 1. The highest BCUT2D eigenvalue weighted by atomic mass is 35.5. The molecule has 1 spiro atoms. The summed E-state index contributed by atoms with van der Waals surface area (Å²) in [6, 6.07) is 0. The fourth-order valence-corrected chi connectivity index (χ4v) is 3.64. The van der Waals surface area contributed by atoms with Crippen LogP contribution in [-0.2, 0) is 4.74 Å². The zero-order chi connectivity index (χ0) is 10.8. The van der Waals surface area contributed by atoms with Gasteiger partial charge in [-0.15, -0.1) is 12.4 Å². The molecule has 100 valence electrons. The second-order valence-corrected chi connectivity index (χ2v) is 5.96. The Morgan fingerprint density at radius 1 is 1.24 bits per heavy atom. The molecule has 0 aromatic carbocycles. The highest BCUT2D eigenvalue weighted by Crippen LogP contribution is 2.38. The Morgan fingerprint density at radius 3 is 2.76 bits per heavy atom. The third-order valence-corrected chi connectivity index (χ3v) is 4.72. The van der Waals surface area contributed by atoms with Crippen molar-refractivity contribution in [1.82, 2.24) is 10.2 Å². The van der Waals surface area contributed by atoms with Crippen molar-refractivity contribution >= 4 is 12.4 Å². The van der Waals surface area contributed by atoms with E-state index in [1.807, 2.05) is 0 Å². The van der Waals surface area contributed by atoms with E-state index in [2.05, 4.69) is 10.2 Å². The molecule has 3 saturated heterocycles. The van der Waals surface area contributed by atoms with Gasteiger partial charge in [0.2, 0.25) is 0 Å². The maximum absolute atomic E-state index is 5.47. The Kier molecular flexibility index (Phi) is 4.70. The lowest BCUT2D eigenvalue weighted by atomic mass is 9.78. The van der Waals surface area contributed by atoms with Crippen molar-refractivity contribution in [3.63, 3.8) is 0 Å². The van der Waals surface area contributed by atoms with Gasteiger partial charge in [-0.3, -0.25) is 0 Å². The van der Waals surface area contributed by atoms with E-state index in [0.717, 1.165) is 19.1 Å². The van der Waals surface area contributed by atoms with Crippen LogP contribution in [0.5, 0.6) is 0 Å². The smallest absolute Gasteiger partial charge is 0.0507 e. The van der Waals surface area contributed by atoms with E-state index in [1.54, 1.807) is 0 Å². The summed E-state index contributed by atoms with van der Waals surface area (Å²) in [5.41, 5.74) is 0.671. The van der Waals surface area contributed by atoms with Crippen LogP contribution in [0.25, 0.3) is 0 Å². The van der Waals surface area contributed by atoms with Crippen LogP contribution in [-0.4, -0.2) is 50.8 Å². The molecule has 0 saturated carbocycles. The highest BCUT2D eigenvalue weighted by Gasteiger charge is 2.39. The summed E-state index contributed by atoms with van der Waals surface area (Å²) in [6.45, 7) is 8.44. The van der Waals surface area contributed by atoms with Gasteiger partial charge in [0.1, 0.15) is 0 Å². The molecular formula is C13H25ClN2O. The van der Waals surface area contributed by atoms with Crippen molar-refractivity contribution in [3.8, 4) is 0 Å². The van der Waals surface area contributed by atoms with Gasteiger partial charge in [0, 0.05) is 19.7 Å². The highest BCUT2D eigenvalue weighted by molar-refractivity contribution is 5.85. The van der Waals surface area contributed by atoms with Crippen molar-refractivity contribution in [1.29, 1.82) is 0 Å². The average molecular weight is 261 g/mol. The topological polar surface area (TPSA) is 24.5 Å². The first kappa shape index (κ1) is 13.6. The lowest BCUT2D eigenvalue weighted by Gasteiger charge is -2.34. The van der Waals surface area contributed by atoms with Crippen molar-refractivity contribution in [2.75, 3.05) is 45.9 Å². The lowest BCUT2D eigenvalue weighted by molar-refractivity contribution is 0.161. The van der Waals surface area contributed by atoms with E-state index in [9.17, 15) is 0 Å². The number of rotatable bonds is 2. The van der Waals surface area contributed by atoms with E-state index < -0.39 is 0 Å². The summed E-state index contributed by atoms with van der Waals surface area (Å²) >= 11 is 0. The quantitative estimate of drug-likeness (QED) is 0.815.